The molecule has 1 aromatic heterocycles. The molecule has 0 unspecified atom stereocenters. The van der Waals surface area contributed by atoms with Gasteiger partial charge < -0.3 is 9.47 Å². The lowest BCUT2D eigenvalue weighted by molar-refractivity contribution is -0.141. The largest absolute Gasteiger partial charge is 0.497 e. The summed E-state index contributed by atoms with van der Waals surface area (Å²) in [5.74, 6) is -0.162. The highest BCUT2D eigenvalue weighted by Crippen LogP contribution is 2.24. The molecule has 7 heteroatoms. The summed E-state index contributed by atoms with van der Waals surface area (Å²) < 4.78 is 11.1. The normalized spacial score (nSPS) is 10.4. The van der Waals surface area contributed by atoms with Crippen molar-refractivity contribution in [3.63, 3.8) is 0 Å². The van der Waals surface area contributed by atoms with Crippen molar-refractivity contribution in [2.45, 2.75) is 6.54 Å². The van der Waals surface area contributed by atoms with E-state index in [0.29, 0.717) is 17.0 Å². The zero-order chi connectivity index (χ0) is 18.5. The van der Waals surface area contributed by atoms with Gasteiger partial charge in [-0.25, -0.2) is 4.68 Å². The monoisotopic (exact) mass is 351 g/mol. The molecular weight excluding hydrogens is 334 g/mol. The molecule has 3 rings (SSSR count). The Morgan fingerprint density at radius 3 is 2.31 bits per heavy atom. The van der Waals surface area contributed by atoms with Crippen molar-refractivity contribution in [2.75, 3.05) is 14.2 Å². The maximum absolute atomic E-state index is 13.1. The third-order valence-corrected chi connectivity index (χ3v) is 3.86. The number of nitrogens with zero attached hydrogens (tertiary/aromatic N) is 3. The highest BCUT2D eigenvalue weighted by Gasteiger charge is 2.24. The summed E-state index contributed by atoms with van der Waals surface area (Å²) in [6.45, 7) is -0.201. The first-order valence-electron chi connectivity index (χ1n) is 7.88. The van der Waals surface area contributed by atoms with Crippen molar-refractivity contribution in [1.29, 1.82) is 0 Å². The van der Waals surface area contributed by atoms with Crippen molar-refractivity contribution < 1.29 is 19.1 Å². The number of methoxy groups -OCH3 is 2. The number of aromatic nitrogens is 3. The second kappa shape index (κ2) is 7.60. The minimum atomic E-state index is -0.515. The number of ether oxygens (including phenoxy) is 2. The Balaban J connectivity index is 2.07. The lowest BCUT2D eigenvalue weighted by Crippen LogP contribution is -2.18. The molecule has 26 heavy (non-hydrogen) atoms. The molecule has 0 aliphatic heterocycles. The van der Waals surface area contributed by atoms with Gasteiger partial charge in [0.1, 0.15) is 23.7 Å². The smallest absolute Gasteiger partial charge is 0.327 e. The summed E-state index contributed by atoms with van der Waals surface area (Å²) in [6.07, 6.45) is 0. The highest BCUT2D eigenvalue weighted by atomic mass is 16.5. The number of esters is 1. The third-order valence-electron chi connectivity index (χ3n) is 3.86. The Hall–Kier alpha value is -3.48. The van der Waals surface area contributed by atoms with Crippen molar-refractivity contribution >= 4 is 11.8 Å². The summed E-state index contributed by atoms with van der Waals surface area (Å²) >= 11 is 0. The lowest BCUT2D eigenvalue weighted by Gasteiger charge is -2.08. The number of hydrogen-bond donors (Lipinski definition) is 0. The Bertz CT molecular complexity index is 918. The molecule has 0 aliphatic rings. The van der Waals surface area contributed by atoms with Crippen LogP contribution in [-0.2, 0) is 16.1 Å². The number of carbonyl (C=O) groups excluding carboxylic acids is 2. The van der Waals surface area contributed by atoms with Crippen LogP contribution in [0, 0.1) is 0 Å². The predicted octanol–water partition coefficient (Wildman–Crippen LogP) is 2.36. The van der Waals surface area contributed by atoms with Gasteiger partial charge in [-0.3, -0.25) is 9.59 Å². The summed E-state index contributed by atoms with van der Waals surface area (Å²) in [5.41, 5.74) is 1.82. The number of ketones is 1. The van der Waals surface area contributed by atoms with Crippen LogP contribution in [-0.4, -0.2) is 41.0 Å². The van der Waals surface area contributed by atoms with Crippen molar-refractivity contribution in [3.8, 4) is 17.0 Å². The topological polar surface area (TPSA) is 83.3 Å². The van der Waals surface area contributed by atoms with Gasteiger partial charge in [-0.1, -0.05) is 35.5 Å². The number of benzene rings is 2. The molecule has 0 spiro atoms. The van der Waals surface area contributed by atoms with Crippen LogP contribution >= 0.6 is 0 Å². The fourth-order valence-electron chi connectivity index (χ4n) is 2.50. The molecule has 0 amide bonds. The van der Waals surface area contributed by atoms with E-state index in [1.807, 2.05) is 30.3 Å². The van der Waals surface area contributed by atoms with E-state index in [1.165, 1.54) is 11.8 Å². The minimum Gasteiger partial charge on any atom is -0.497 e. The van der Waals surface area contributed by atoms with Crippen LogP contribution in [0.4, 0.5) is 0 Å². The summed E-state index contributed by atoms with van der Waals surface area (Å²) in [7, 11) is 2.84. The Morgan fingerprint density at radius 1 is 1.00 bits per heavy atom. The van der Waals surface area contributed by atoms with Gasteiger partial charge in [-0.2, -0.15) is 0 Å². The molecular formula is C19H17N3O4. The van der Waals surface area contributed by atoms with Gasteiger partial charge >= 0.3 is 5.97 Å². The van der Waals surface area contributed by atoms with Gasteiger partial charge in [-0.05, 0) is 24.3 Å². The number of hydrogen-bond acceptors (Lipinski definition) is 6. The lowest BCUT2D eigenvalue weighted by atomic mass is 10.0. The molecule has 7 nitrogen and oxygen atoms in total. The molecule has 0 fully saturated rings. The van der Waals surface area contributed by atoms with E-state index in [1.54, 1.807) is 31.4 Å². The van der Waals surface area contributed by atoms with E-state index in [-0.39, 0.29) is 18.0 Å². The summed E-state index contributed by atoms with van der Waals surface area (Å²) in [5, 5.41) is 8.09. The first-order chi connectivity index (χ1) is 12.6. The zero-order valence-electron chi connectivity index (χ0n) is 14.4. The van der Waals surface area contributed by atoms with Crippen LogP contribution in [0.2, 0.25) is 0 Å². The van der Waals surface area contributed by atoms with Crippen LogP contribution in [0.1, 0.15) is 16.1 Å². The van der Waals surface area contributed by atoms with E-state index in [4.69, 9.17) is 4.74 Å². The van der Waals surface area contributed by atoms with E-state index in [2.05, 4.69) is 15.0 Å². The molecule has 0 saturated carbocycles. The molecule has 2 aromatic carbocycles. The van der Waals surface area contributed by atoms with Crippen LogP contribution in [0.3, 0.4) is 0 Å². The van der Waals surface area contributed by atoms with Crippen LogP contribution in [0.15, 0.2) is 54.6 Å². The second-order valence-electron chi connectivity index (χ2n) is 5.44. The average Bonchev–Trinajstić information content (AvgIpc) is 3.11. The molecule has 0 bridgehead atoms. The van der Waals surface area contributed by atoms with Gasteiger partial charge in [0.2, 0.25) is 5.78 Å². The maximum atomic E-state index is 13.1. The van der Waals surface area contributed by atoms with Gasteiger partial charge in [0.05, 0.1) is 14.2 Å². The molecule has 1 heterocycles. The minimum absolute atomic E-state index is 0.201. The first kappa shape index (κ1) is 17.3. The molecule has 3 aromatic rings. The standard InChI is InChI=1S/C19H17N3O4/c1-25-15-10-8-14(9-11-15)19(24)18-17(13-6-4-3-5-7-13)20-21-22(18)12-16(23)26-2/h3-11H,12H2,1-2H3. The Labute approximate surface area is 150 Å². The Kier molecular flexibility index (Phi) is 5.07. The third kappa shape index (κ3) is 3.46. The first-order valence-corrected chi connectivity index (χ1v) is 7.88. The van der Waals surface area contributed by atoms with Crippen LogP contribution in [0.25, 0.3) is 11.3 Å². The summed E-state index contributed by atoms with van der Waals surface area (Å²) in [4.78, 5) is 24.8. The van der Waals surface area contributed by atoms with E-state index in [9.17, 15) is 9.59 Å². The second-order valence-corrected chi connectivity index (χ2v) is 5.44. The van der Waals surface area contributed by atoms with Crippen molar-refractivity contribution in [1.82, 2.24) is 15.0 Å². The predicted molar refractivity (Wildman–Crippen MR) is 93.9 cm³/mol. The summed E-state index contributed by atoms with van der Waals surface area (Å²) in [6, 6.07) is 15.9. The van der Waals surface area contributed by atoms with Gasteiger partial charge in [0.15, 0.2) is 0 Å². The zero-order valence-corrected chi connectivity index (χ0v) is 14.4. The van der Waals surface area contributed by atoms with Gasteiger partial charge in [0, 0.05) is 11.1 Å². The van der Waals surface area contributed by atoms with Crippen molar-refractivity contribution in [2.24, 2.45) is 0 Å². The maximum Gasteiger partial charge on any atom is 0.327 e. The highest BCUT2D eigenvalue weighted by molar-refractivity contribution is 6.11. The van der Waals surface area contributed by atoms with Crippen LogP contribution in [0.5, 0.6) is 5.75 Å². The SMILES string of the molecule is COC(=O)Cn1nnc(-c2ccccc2)c1C(=O)c1ccc(OC)cc1. The van der Waals surface area contributed by atoms with Crippen LogP contribution < -0.4 is 4.74 Å². The molecule has 0 atom stereocenters. The number of rotatable bonds is 6. The fraction of sp³-hybridized carbons (Fsp3) is 0.158. The average molecular weight is 351 g/mol. The fourth-order valence-corrected chi connectivity index (χ4v) is 2.50. The van der Waals surface area contributed by atoms with Gasteiger partial charge in [0.25, 0.3) is 0 Å². The van der Waals surface area contributed by atoms with Crippen molar-refractivity contribution in [3.05, 3.63) is 65.9 Å². The molecule has 0 radical (unpaired) electrons. The van der Waals surface area contributed by atoms with E-state index < -0.39 is 5.97 Å². The Morgan fingerprint density at radius 2 is 1.69 bits per heavy atom. The molecule has 0 N–H and O–H groups in total. The molecule has 0 saturated heterocycles. The quantitative estimate of drug-likeness (QED) is 0.501. The molecule has 132 valence electrons. The number of carbonyl (C=O) groups is 2. The van der Waals surface area contributed by atoms with E-state index >= 15 is 0 Å². The van der Waals surface area contributed by atoms with E-state index in [0.717, 1.165) is 5.56 Å². The molecule has 0 aliphatic carbocycles. The van der Waals surface area contributed by atoms with Gasteiger partial charge in [-0.15, -0.1) is 5.10 Å².